The molecule has 0 atom stereocenters. The summed E-state index contributed by atoms with van der Waals surface area (Å²) in [5, 5.41) is 19.6. The first kappa shape index (κ1) is 71.4. The summed E-state index contributed by atoms with van der Waals surface area (Å²) in [6, 6.07) is 18.9. The van der Waals surface area contributed by atoms with Gasteiger partial charge in [-0.1, -0.05) is 95.2 Å². The van der Waals surface area contributed by atoms with Crippen molar-refractivity contribution in [2.45, 2.75) is 134 Å². The SMILES string of the molecule is C=CC(=C)OCC(C)(C)COC(=O)CCC(=O)OCCc1ccc(OC(=O)C2CCC(C(=O)Oc3cc(C)c(OC(=O)C4CCC(C(=O)Oc5ccc(CCOC(=O)CCC(=O)OCC(C)(C)COC(=O)C=C)cc5)CC4)c4c3SC(=C(C#N)C#N)S4)CC2)cc1. The zero-order valence-corrected chi connectivity index (χ0v) is 53.5. The van der Waals surface area contributed by atoms with E-state index >= 15 is 0 Å². The van der Waals surface area contributed by atoms with Crippen molar-refractivity contribution in [1.29, 1.82) is 10.5 Å². The Kier molecular flexibility index (Phi) is 27.1. The molecule has 3 aliphatic rings. The summed E-state index contributed by atoms with van der Waals surface area (Å²) >= 11 is 2.13. The molecule has 21 nitrogen and oxygen atoms in total. The zero-order valence-electron chi connectivity index (χ0n) is 51.9. The van der Waals surface area contributed by atoms with Crippen molar-refractivity contribution in [1.82, 2.24) is 0 Å². The minimum atomic E-state index is -0.632. The number of aryl methyl sites for hydroxylation is 1. The van der Waals surface area contributed by atoms with Gasteiger partial charge in [0.25, 0.3) is 0 Å². The van der Waals surface area contributed by atoms with E-state index in [4.69, 9.17) is 47.4 Å². The van der Waals surface area contributed by atoms with Crippen molar-refractivity contribution in [3.63, 3.8) is 0 Å². The summed E-state index contributed by atoms with van der Waals surface area (Å²) in [6.07, 6.45) is 5.50. The van der Waals surface area contributed by atoms with Gasteiger partial charge in [-0.05, 0) is 111 Å². The van der Waals surface area contributed by atoms with Gasteiger partial charge in [0.15, 0.2) is 0 Å². The van der Waals surface area contributed by atoms with Crippen LogP contribution in [0.15, 0.2) is 112 Å². The number of thioether (sulfide) groups is 2. The van der Waals surface area contributed by atoms with Crippen molar-refractivity contribution in [2.24, 2.45) is 34.5 Å². The Labute approximate surface area is 538 Å². The molecule has 0 spiro atoms. The second-order valence-electron chi connectivity index (χ2n) is 23.7. The van der Waals surface area contributed by atoms with Crippen LogP contribution in [0.2, 0.25) is 0 Å². The molecular formula is C68H76N2O19S2. The quantitative estimate of drug-likeness (QED) is 0.0110. The monoisotopic (exact) mass is 1290 g/mol. The van der Waals surface area contributed by atoms with Gasteiger partial charge < -0.3 is 47.4 Å². The van der Waals surface area contributed by atoms with E-state index in [2.05, 4.69) is 19.7 Å². The van der Waals surface area contributed by atoms with Crippen LogP contribution in [-0.2, 0) is 84.4 Å². The third-order valence-electron chi connectivity index (χ3n) is 14.9. The van der Waals surface area contributed by atoms with E-state index in [0.29, 0.717) is 101 Å². The van der Waals surface area contributed by atoms with Gasteiger partial charge in [-0.2, -0.15) is 10.5 Å². The number of benzene rings is 3. The van der Waals surface area contributed by atoms with Gasteiger partial charge in [0, 0.05) is 29.7 Å². The van der Waals surface area contributed by atoms with Gasteiger partial charge in [-0.15, -0.1) is 0 Å². The molecule has 2 fully saturated rings. The van der Waals surface area contributed by atoms with Gasteiger partial charge in [0.2, 0.25) is 0 Å². The number of carbonyl (C=O) groups excluding carboxylic acids is 9. The minimum Gasteiger partial charge on any atom is -0.494 e. The molecule has 0 aromatic heterocycles. The first-order valence-corrected chi connectivity index (χ1v) is 31.5. The van der Waals surface area contributed by atoms with Crippen molar-refractivity contribution in [2.75, 3.05) is 39.6 Å². The van der Waals surface area contributed by atoms with Crippen LogP contribution in [0.1, 0.15) is 121 Å². The highest BCUT2D eigenvalue weighted by molar-refractivity contribution is 8.24. The summed E-state index contributed by atoms with van der Waals surface area (Å²) in [7, 11) is 0. The Bertz CT molecular complexity index is 3300. The van der Waals surface area contributed by atoms with Crippen LogP contribution in [0.25, 0.3) is 0 Å². The highest BCUT2D eigenvalue weighted by atomic mass is 32.2. The van der Waals surface area contributed by atoms with Crippen LogP contribution < -0.4 is 18.9 Å². The summed E-state index contributed by atoms with van der Waals surface area (Å²) in [5.74, 6) is -5.35. The van der Waals surface area contributed by atoms with Gasteiger partial charge in [0.1, 0.15) is 46.5 Å². The summed E-state index contributed by atoms with van der Waals surface area (Å²) in [4.78, 5) is 115. The van der Waals surface area contributed by atoms with Gasteiger partial charge in [-0.25, -0.2) is 4.79 Å². The molecule has 2 aliphatic carbocycles. The number of nitrogens with zero attached hydrogens (tertiary/aromatic N) is 2. The maximum absolute atomic E-state index is 13.8. The average Bonchev–Trinajstić information content (AvgIpc) is 1.78. The van der Waals surface area contributed by atoms with E-state index in [1.807, 2.05) is 26.0 Å². The van der Waals surface area contributed by atoms with Gasteiger partial charge in [0.05, 0.1) is 103 Å². The molecule has 91 heavy (non-hydrogen) atoms. The fourth-order valence-corrected chi connectivity index (χ4v) is 12.0. The Morgan fingerprint density at radius 3 is 1.30 bits per heavy atom. The molecule has 0 unspecified atom stereocenters. The first-order chi connectivity index (χ1) is 43.4. The number of nitriles is 2. The lowest BCUT2D eigenvalue weighted by Crippen LogP contribution is -2.31. The predicted octanol–water partition coefficient (Wildman–Crippen LogP) is 11.4. The van der Waals surface area contributed by atoms with Crippen molar-refractivity contribution in [3.8, 4) is 35.1 Å². The Balaban J connectivity index is 0.906. The second kappa shape index (κ2) is 34.5. The largest absolute Gasteiger partial charge is 0.494 e. The first-order valence-electron chi connectivity index (χ1n) is 29.9. The normalized spacial score (nSPS) is 16.8. The molecule has 0 amide bonds. The summed E-state index contributed by atoms with van der Waals surface area (Å²) in [5.41, 5.74) is 0.832. The summed E-state index contributed by atoms with van der Waals surface area (Å²) < 4.78 is 55.4. The van der Waals surface area contributed by atoms with Crippen molar-refractivity contribution >= 4 is 77.2 Å². The lowest BCUT2D eigenvalue weighted by Gasteiger charge is -2.27. The van der Waals surface area contributed by atoms with E-state index in [-0.39, 0.29) is 82.4 Å². The molecule has 1 aliphatic heterocycles. The van der Waals surface area contributed by atoms with E-state index in [9.17, 15) is 53.7 Å². The number of hydrogen-bond acceptors (Lipinski definition) is 23. The molecule has 3 aromatic carbocycles. The third kappa shape index (κ3) is 23.0. The van der Waals surface area contributed by atoms with Crippen LogP contribution in [0.3, 0.4) is 0 Å². The molecule has 6 rings (SSSR count). The average molecular weight is 1290 g/mol. The molecule has 0 radical (unpaired) electrons. The summed E-state index contributed by atoms with van der Waals surface area (Å²) in [6.45, 7) is 20.1. The number of allylic oxidation sites excluding steroid dienone is 2. The second-order valence-corrected chi connectivity index (χ2v) is 26.0. The van der Waals surface area contributed by atoms with Crippen LogP contribution in [0.5, 0.6) is 23.0 Å². The highest BCUT2D eigenvalue weighted by Gasteiger charge is 2.38. The lowest BCUT2D eigenvalue weighted by atomic mass is 9.82. The number of rotatable bonds is 31. The fourth-order valence-electron chi connectivity index (χ4n) is 9.46. The molecule has 3 aromatic rings. The van der Waals surface area contributed by atoms with Crippen LogP contribution in [-0.4, -0.2) is 93.4 Å². The molecule has 23 heteroatoms. The topological polar surface area (TPSA) is 294 Å². The Morgan fingerprint density at radius 1 is 0.516 bits per heavy atom. The van der Waals surface area contributed by atoms with E-state index in [1.54, 1.807) is 75.4 Å². The molecule has 0 N–H and O–H groups in total. The Hall–Kier alpha value is -8.67. The van der Waals surface area contributed by atoms with E-state index < -0.39 is 88.2 Å². The van der Waals surface area contributed by atoms with Gasteiger partial charge >= 0.3 is 53.7 Å². The van der Waals surface area contributed by atoms with Crippen LogP contribution >= 0.6 is 23.5 Å². The van der Waals surface area contributed by atoms with Crippen LogP contribution in [0, 0.1) is 64.1 Å². The zero-order chi connectivity index (χ0) is 66.3. The maximum atomic E-state index is 13.8. The number of ether oxygens (including phenoxy) is 10. The van der Waals surface area contributed by atoms with Crippen molar-refractivity contribution in [3.05, 3.63) is 119 Å². The minimum absolute atomic E-state index is 0.0128. The van der Waals surface area contributed by atoms with Crippen LogP contribution in [0.4, 0.5) is 0 Å². The third-order valence-corrected chi connectivity index (χ3v) is 17.5. The van der Waals surface area contributed by atoms with E-state index in [0.717, 1.165) is 40.7 Å². The fraction of sp³-hybridized carbons (Fsp3) is 0.456. The van der Waals surface area contributed by atoms with E-state index in [1.165, 1.54) is 6.08 Å². The number of fused-ring (bicyclic) bond motifs is 1. The molecular weight excluding hydrogens is 1210 g/mol. The molecule has 2 saturated carbocycles. The lowest BCUT2D eigenvalue weighted by molar-refractivity contribution is -0.154. The molecule has 0 bridgehead atoms. The van der Waals surface area contributed by atoms with Crippen molar-refractivity contribution < 1.29 is 90.5 Å². The standard InChI is InChI=1S/C68H76N2O19S2/c1-9-43(4)82-38-67(5,6)40-84-57(74)29-27-55(72)80-33-31-44-11-23-51(24-12-44)86-62(76)46-15-19-48(20-16-46)64(78)88-53-35-42(3)59(61-60(53)90-66(91-61)50(36-69)37-70)89-65(79)49-21-17-47(18-22-49)63(77)87-52-25-13-45(14-26-52)32-34-81-56(73)28-30-58(75)85-41-68(7,8)39-83-54(71)10-2/h9-14,23-26,35,46-49H,1-2,4,15-22,27-34,38-41H2,3,5-8H3. The smallest absolute Gasteiger partial charge is 0.330 e. The molecule has 0 saturated heterocycles. The maximum Gasteiger partial charge on any atom is 0.330 e. The molecule has 484 valence electrons. The van der Waals surface area contributed by atoms with Gasteiger partial charge in [-0.3, -0.25) is 38.4 Å². The Morgan fingerprint density at radius 2 is 0.890 bits per heavy atom. The predicted molar refractivity (Wildman–Crippen MR) is 331 cm³/mol. The highest BCUT2D eigenvalue weighted by Crippen LogP contribution is 2.60. The molecule has 1 heterocycles. The number of esters is 9. The number of carbonyl (C=O) groups is 9. The number of hydrogen-bond donors (Lipinski definition) is 0.